The van der Waals surface area contributed by atoms with Gasteiger partial charge in [-0.3, -0.25) is 10.2 Å². The van der Waals surface area contributed by atoms with Crippen LogP contribution in [0.15, 0.2) is 58.6 Å². The maximum Gasteiger partial charge on any atom is 0.287 e. The average Bonchev–Trinajstić information content (AvgIpc) is 2.73. The van der Waals surface area contributed by atoms with Gasteiger partial charge in [-0.25, -0.2) is 4.68 Å². The van der Waals surface area contributed by atoms with E-state index in [1.165, 1.54) is 18.8 Å². The van der Waals surface area contributed by atoms with Crippen LogP contribution in [-0.4, -0.2) is 23.1 Å². The van der Waals surface area contributed by atoms with Gasteiger partial charge in [0.05, 0.1) is 19.5 Å². The number of nitrogens with zero attached hydrogens (tertiary/aromatic N) is 3. The van der Waals surface area contributed by atoms with E-state index in [0.29, 0.717) is 23.8 Å². The van der Waals surface area contributed by atoms with Crippen molar-refractivity contribution < 1.29 is 9.47 Å². The monoisotopic (exact) mass is 412 g/mol. The molecule has 0 spiro atoms. The second-order valence-corrected chi connectivity index (χ2v) is 6.73. The van der Waals surface area contributed by atoms with E-state index >= 15 is 0 Å². The predicted molar refractivity (Wildman–Crippen MR) is 114 cm³/mol. The number of anilines is 1. The Labute approximate surface area is 173 Å². The summed E-state index contributed by atoms with van der Waals surface area (Å²) in [6, 6.07) is 13.6. The topological polar surface area (TPSA) is 77.7 Å². The highest BCUT2D eigenvalue weighted by atomic mass is 35.5. The Balaban J connectivity index is 1.68. The number of hydrogen-bond acceptors (Lipinski definition) is 6. The molecule has 8 heteroatoms. The number of benzene rings is 2. The third kappa shape index (κ3) is 5.14. The fourth-order valence-electron chi connectivity index (χ4n) is 2.49. The Morgan fingerprint density at radius 2 is 1.97 bits per heavy atom. The number of hydrogen-bond donors (Lipinski definition) is 1. The van der Waals surface area contributed by atoms with Crippen molar-refractivity contribution >= 4 is 23.5 Å². The van der Waals surface area contributed by atoms with E-state index < -0.39 is 5.56 Å². The molecule has 0 amide bonds. The van der Waals surface area contributed by atoms with Crippen molar-refractivity contribution in [1.82, 2.24) is 9.78 Å². The molecular formula is C21H21ClN4O3. The van der Waals surface area contributed by atoms with E-state index in [1.807, 2.05) is 43.3 Å². The van der Waals surface area contributed by atoms with Crippen LogP contribution in [0.25, 0.3) is 0 Å². The van der Waals surface area contributed by atoms with Gasteiger partial charge in [-0.2, -0.15) is 10.2 Å². The van der Waals surface area contributed by atoms with Gasteiger partial charge in [0.1, 0.15) is 17.3 Å². The van der Waals surface area contributed by atoms with E-state index in [4.69, 9.17) is 21.1 Å². The molecule has 0 saturated heterocycles. The van der Waals surface area contributed by atoms with Crippen molar-refractivity contribution in [2.75, 3.05) is 12.5 Å². The molecule has 0 aliphatic carbocycles. The first kappa shape index (κ1) is 20.4. The summed E-state index contributed by atoms with van der Waals surface area (Å²) < 4.78 is 12.4. The van der Waals surface area contributed by atoms with Gasteiger partial charge in [-0.05, 0) is 36.2 Å². The minimum atomic E-state index is -0.399. The highest BCUT2D eigenvalue weighted by Gasteiger charge is 2.07. The number of methoxy groups -OCH3 is 1. The number of hydrazone groups is 1. The normalized spacial score (nSPS) is 10.9. The lowest BCUT2D eigenvalue weighted by atomic mass is 10.2. The molecule has 0 saturated carbocycles. The quantitative estimate of drug-likeness (QED) is 0.472. The molecule has 0 aliphatic heterocycles. The van der Waals surface area contributed by atoms with E-state index in [1.54, 1.807) is 19.4 Å². The molecule has 0 atom stereocenters. The summed E-state index contributed by atoms with van der Waals surface area (Å²) in [5, 5.41) is 8.03. The highest BCUT2D eigenvalue weighted by molar-refractivity contribution is 6.32. The van der Waals surface area contributed by atoms with Crippen LogP contribution < -0.4 is 20.5 Å². The van der Waals surface area contributed by atoms with E-state index in [9.17, 15) is 4.79 Å². The Bertz CT molecular complexity index is 1080. The second-order valence-electron chi connectivity index (χ2n) is 6.36. The molecule has 29 heavy (non-hydrogen) atoms. The SMILES string of the molecule is COc1cc(/C=N\Nc2cnn(C)c(=O)c2Cl)ccc1OCc1ccc(C)cc1. The zero-order valence-electron chi connectivity index (χ0n) is 16.3. The standard InChI is InChI=1S/C21H21ClN4O3/c1-14-4-6-15(7-5-14)13-29-18-9-8-16(10-19(18)28-3)11-23-25-17-12-24-26(2)21(27)20(17)22/h4-12,25H,13H2,1-3H3/b23-11-. The van der Waals surface area contributed by atoms with Gasteiger partial charge in [0.2, 0.25) is 0 Å². The molecule has 1 aromatic heterocycles. The molecule has 0 aliphatic rings. The van der Waals surface area contributed by atoms with Crippen molar-refractivity contribution in [3.05, 3.63) is 80.7 Å². The Morgan fingerprint density at radius 1 is 1.21 bits per heavy atom. The number of halogens is 1. The molecular weight excluding hydrogens is 392 g/mol. The first-order valence-electron chi connectivity index (χ1n) is 8.85. The summed E-state index contributed by atoms with van der Waals surface area (Å²) >= 11 is 6.00. The van der Waals surface area contributed by atoms with E-state index in [2.05, 4.69) is 15.6 Å². The van der Waals surface area contributed by atoms with Gasteiger partial charge in [-0.15, -0.1) is 0 Å². The van der Waals surface area contributed by atoms with Gasteiger partial charge in [0, 0.05) is 7.05 Å². The zero-order valence-corrected chi connectivity index (χ0v) is 17.1. The second kappa shape index (κ2) is 9.25. The molecule has 0 unspecified atom stereocenters. The molecule has 7 nitrogen and oxygen atoms in total. The highest BCUT2D eigenvalue weighted by Crippen LogP contribution is 2.28. The van der Waals surface area contributed by atoms with Gasteiger partial charge in [0.25, 0.3) is 5.56 Å². The lowest BCUT2D eigenvalue weighted by Crippen LogP contribution is -2.20. The maximum absolute atomic E-state index is 11.8. The smallest absolute Gasteiger partial charge is 0.287 e. The summed E-state index contributed by atoms with van der Waals surface area (Å²) in [5.41, 5.74) is 5.72. The van der Waals surface area contributed by atoms with Gasteiger partial charge >= 0.3 is 0 Å². The van der Waals surface area contributed by atoms with Crippen molar-refractivity contribution in [1.29, 1.82) is 0 Å². The molecule has 3 aromatic rings. The van der Waals surface area contributed by atoms with Crippen molar-refractivity contribution in [3.8, 4) is 11.5 Å². The first-order valence-corrected chi connectivity index (χ1v) is 9.23. The van der Waals surface area contributed by atoms with Crippen molar-refractivity contribution in [3.63, 3.8) is 0 Å². The number of ether oxygens (including phenoxy) is 2. The minimum Gasteiger partial charge on any atom is -0.493 e. The summed E-state index contributed by atoms with van der Waals surface area (Å²) in [7, 11) is 3.11. The van der Waals surface area contributed by atoms with Crippen LogP contribution in [0.3, 0.4) is 0 Å². The van der Waals surface area contributed by atoms with Gasteiger partial charge < -0.3 is 9.47 Å². The van der Waals surface area contributed by atoms with Crippen molar-refractivity contribution in [2.45, 2.75) is 13.5 Å². The summed E-state index contributed by atoms with van der Waals surface area (Å²) in [6.45, 7) is 2.49. The number of rotatable bonds is 7. The number of aryl methyl sites for hydroxylation is 2. The van der Waals surface area contributed by atoms with Crippen molar-refractivity contribution in [2.24, 2.45) is 12.1 Å². The number of aromatic nitrogens is 2. The summed E-state index contributed by atoms with van der Waals surface area (Å²) in [6.07, 6.45) is 3.02. The average molecular weight is 413 g/mol. The van der Waals surface area contributed by atoms with Gasteiger partial charge in [-0.1, -0.05) is 41.4 Å². The Hall–Kier alpha value is -3.32. The third-order valence-electron chi connectivity index (χ3n) is 4.18. The van der Waals surface area contributed by atoms with Crippen LogP contribution >= 0.6 is 11.6 Å². The molecule has 1 N–H and O–H groups in total. The fraction of sp³-hybridized carbons (Fsp3) is 0.190. The lowest BCUT2D eigenvalue weighted by molar-refractivity contribution is 0.284. The lowest BCUT2D eigenvalue weighted by Gasteiger charge is -2.11. The molecule has 0 bridgehead atoms. The Morgan fingerprint density at radius 3 is 2.69 bits per heavy atom. The van der Waals surface area contributed by atoms with E-state index in [0.717, 1.165) is 15.8 Å². The van der Waals surface area contributed by atoms with Crippen LogP contribution in [0, 0.1) is 6.92 Å². The number of nitrogens with one attached hydrogen (secondary N) is 1. The van der Waals surface area contributed by atoms with Crippen LogP contribution in [0.4, 0.5) is 5.69 Å². The fourth-order valence-corrected chi connectivity index (χ4v) is 2.71. The van der Waals surface area contributed by atoms with Crippen LogP contribution in [0.5, 0.6) is 11.5 Å². The predicted octanol–water partition coefficient (Wildman–Crippen LogP) is 3.78. The molecule has 1 heterocycles. The van der Waals surface area contributed by atoms with E-state index in [-0.39, 0.29) is 5.02 Å². The van der Waals surface area contributed by atoms with Crippen LogP contribution in [-0.2, 0) is 13.7 Å². The largest absolute Gasteiger partial charge is 0.493 e. The maximum atomic E-state index is 11.8. The molecule has 2 aromatic carbocycles. The summed E-state index contributed by atoms with van der Waals surface area (Å²) in [5.74, 6) is 1.23. The molecule has 0 radical (unpaired) electrons. The third-order valence-corrected chi connectivity index (χ3v) is 4.54. The van der Waals surface area contributed by atoms with Gasteiger partial charge in [0.15, 0.2) is 11.5 Å². The van der Waals surface area contributed by atoms with Crippen LogP contribution in [0.1, 0.15) is 16.7 Å². The molecule has 3 rings (SSSR count). The Kier molecular flexibility index (Phi) is 6.51. The molecule has 150 valence electrons. The summed E-state index contributed by atoms with van der Waals surface area (Å²) in [4.78, 5) is 11.8. The zero-order chi connectivity index (χ0) is 20.8. The minimum absolute atomic E-state index is 0.0251. The molecule has 0 fully saturated rings. The van der Waals surface area contributed by atoms with Crippen LogP contribution in [0.2, 0.25) is 5.02 Å². The first-order chi connectivity index (χ1) is 14.0.